The van der Waals surface area contributed by atoms with E-state index in [0.29, 0.717) is 18.4 Å². The number of nitrogens with one attached hydrogen (secondary N) is 1. The summed E-state index contributed by atoms with van der Waals surface area (Å²) in [5.74, 6) is -0.611. The van der Waals surface area contributed by atoms with Crippen LogP contribution < -0.4 is 11.1 Å². The van der Waals surface area contributed by atoms with E-state index in [1.807, 2.05) is 25.1 Å². The van der Waals surface area contributed by atoms with Crippen LogP contribution in [-0.2, 0) is 4.79 Å². The van der Waals surface area contributed by atoms with Gasteiger partial charge in [0.25, 0.3) is 5.91 Å². The minimum absolute atomic E-state index is 0.221. The van der Waals surface area contributed by atoms with Crippen molar-refractivity contribution in [1.82, 2.24) is 5.32 Å². The van der Waals surface area contributed by atoms with Gasteiger partial charge in [0.2, 0.25) is 5.91 Å². The molecule has 3 N–H and O–H groups in total. The van der Waals surface area contributed by atoms with Gasteiger partial charge in [0.15, 0.2) is 5.76 Å². The van der Waals surface area contributed by atoms with Crippen LogP contribution in [0.25, 0.3) is 11.0 Å². The number of carbonyl (C=O) groups is 2. The molecule has 1 aliphatic carbocycles. The third-order valence-corrected chi connectivity index (χ3v) is 4.75. The van der Waals surface area contributed by atoms with Crippen molar-refractivity contribution < 1.29 is 14.0 Å². The van der Waals surface area contributed by atoms with Crippen LogP contribution in [0.15, 0.2) is 28.7 Å². The molecule has 1 heterocycles. The first-order valence-electron chi connectivity index (χ1n) is 8.13. The Hall–Kier alpha value is -2.30. The number of furan rings is 1. The molecule has 1 aromatic heterocycles. The number of para-hydroxylation sites is 1. The van der Waals surface area contributed by atoms with Gasteiger partial charge in [-0.3, -0.25) is 9.59 Å². The van der Waals surface area contributed by atoms with Crippen LogP contribution in [0.4, 0.5) is 0 Å². The smallest absolute Gasteiger partial charge is 0.287 e. The zero-order valence-corrected chi connectivity index (χ0v) is 13.4. The molecular formula is C18H22N2O3. The van der Waals surface area contributed by atoms with Gasteiger partial charge in [0.05, 0.1) is 0 Å². The third-order valence-electron chi connectivity index (χ3n) is 4.75. The zero-order chi connectivity index (χ0) is 16.4. The number of amides is 2. The van der Waals surface area contributed by atoms with E-state index >= 15 is 0 Å². The highest BCUT2D eigenvalue weighted by molar-refractivity contribution is 6.00. The fourth-order valence-corrected chi connectivity index (χ4v) is 3.36. The van der Waals surface area contributed by atoms with Crippen LogP contribution in [0.3, 0.4) is 0 Å². The van der Waals surface area contributed by atoms with Crippen LogP contribution in [0, 0.1) is 6.92 Å². The summed E-state index contributed by atoms with van der Waals surface area (Å²) in [7, 11) is 0. The highest BCUT2D eigenvalue weighted by Gasteiger charge is 2.39. The number of carbonyl (C=O) groups excluding carboxylic acids is 2. The second-order valence-corrected chi connectivity index (χ2v) is 6.42. The fourth-order valence-electron chi connectivity index (χ4n) is 3.36. The van der Waals surface area contributed by atoms with Crippen molar-refractivity contribution in [2.45, 2.75) is 51.0 Å². The molecule has 122 valence electrons. The average Bonchev–Trinajstić information content (AvgIpc) is 2.82. The third kappa shape index (κ3) is 2.96. The van der Waals surface area contributed by atoms with Gasteiger partial charge >= 0.3 is 0 Å². The van der Waals surface area contributed by atoms with E-state index in [4.69, 9.17) is 10.2 Å². The molecule has 5 nitrogen and oxygen atoms in total. The van der Waals surface area contributed by atoms with Gasteiger partial charge in [-0.1, -0.05) is 43.9 Å². The van der Waals surface area contributed by atoms with E-state index in [0.717, 1.165) is 36.6 Å². The van der Waals surface area contributed by atoms with Gasteiger partial charge in [-0.15, -0.1) is 0 Å². The summed E-state index contributed by atoms with van der Waals surface area (Å²) in [6.07, 6.45) is 5.09. The molecule has 0 atom stereocenters. The largest absolute Gasteiger partial charge is 0.451 e. The summed E-state index contributed by atoms with van der Waals surface area (Å²) in [6, 6.07) is 7.47. The Morgan fingerprint density at radius 1 is 1.17 bits per heavy atom. The molecule has 23 heavy (non-hydrogen) atoms. The van der Waals surface area contributed by atoms with E-state index < -0.39 is 11.4 Å². The molecule has 0 radical (unpaired) electrons. The lowest BCUT2D eigenvalue weighted by molar-refractivity contribution is -0.124. The molecule has 0 saturated heterocycles. The van der Waals surface area contributed by atoms with Crippen molar-refractivity contribution in [3.63, 3.8) is 0 Å². The molecule has 2 amide bonds. The monoisotopic (exact) mass is 314 g/mol. The molecule has 0 spiro atoms. The molecule has 0 unspecified atom stereocenters. The number of rotatable bonds is 3. The number of hydrogen-bond acceptors (Lipinski definition) is 3. The summed E-state index contributed by atoms with van der Waals surface area (Å²) in [5, 5.41) is 3.74. The highest BCUT2D eigenvalue weighted by atomic mass is 16.3. The molecule has 1 fully saturated rings. The Bertz CT molecular complexity index is 740. The Balaban J connectivity index is 1.88. The Morgan fingerprint density at radius 3 is 2.48 bits per heavy atom. The summed E-state index contributed by atoms with van der Waals surface area (Å²) in [6.45, 7) is 1.93. The molecule has 3 rings (SSSR count). The van der Waals surface area contributed by atoms with E-state index in [-0.39, 0.29) is 11.7 Å². The molecule has 5 heteroatoms. The van der Waals surface area contributed by atoms with E-state index in [1.165, 1.54) is 0 Å². The summed E-state index contributed by atoms with van der Waals surface area (Å²) in [4.78, 5) is 24.6. The van der Waals surface area contributed by atoms with Crippen LogP contribution >= 0.6 is 0 Å². The molecular weight excluding hydrogens is 292 g/mol. The molecule has 0 bridgehead atoms. The molecule has 2 aromatic rings. The lowest BCUT2D eigenvalue weighted by Gasteiger charge is -2.30. The maximum Gasteiger partial charge on any atom is 0.287 e. The average molecular weight is 314 g/mol. The Labute approximate surface area is 135 Å². The van der Waals surface area contributed by atoms with Gasteiger partial charge in [0, 0.05) is 5.39 Å². The standard InChI is InChI=1S/C18H22N2O3/c1-12-7-6-8-13-11-14(23-15(12)13)16(21)20-18(17(19)22)9-4-2-3-5-10-18/h6-8,11H,2-5,9-10H2,1H3,(H2,19,22)(H,20,21). The van der Waals surface area contributed by atoms with Crippen LogP contribution in [-0.4, -0.2) is 17.4 Å². The summed E-state index contributed by atoms with van der Waals surface area (Å²) in [5.41, 5.74) is 6.33. The van der Waals surface area contributed by atoms with Gasteiger partial charge < -0.3 is 15.5 Å². The van der Waals surface area contributed by atoms with Gasteiger partial charge in [-0.25, -0.2) is 0 Å². The topological polar surface area (TPSA) is 85.3 Å². The number of aryl methyl sites for hydroxylation is 1. The van der Waals surface area contributed by atoms with Crippen LogP contribution in [0.5, 0.6) is 0 Å². The minimum Gasteiger partial charge on any atom is -0.451 e. The van der Waals surface area contributed by atoms with Crippen molar-refractivity contribution in [3.05, 3.63) is 35.6 Å². The summed E-state index contributed by atoms with van der Waals surface area (Å²) >= 11 is 0. The van der Waals surface area contributed by atoms with Crippen molar-refractivity contribution in [2.24, 2.45) is 5.73 Å². The maximum atomic E-state index is 12.6. The first kappa shape index (κ1) is 15.6. The van der Waals surface area contributed by atoms with Crippen LogP contribution in [0.1, 0.15) is 54.6 Å². The number of primary amides is 1. The number of hydrogen-bond donors (Lipinski definition) is 2. The van der Waals surface area contributed by atoms with Crippen molar-refractivity contribution in [2.75, 3.05) is 0 Å². The van der Waals surface area contributed by atoms with Gasteiger partial charge in [-0.2, -0.15) is 0 Å². The normalized spacial score (nSPS) is 17.6. The van der Waals surface area contributed by atoms with Crippen molar-refractivity contribution in [1.29, 1.82) is 0 Å². The number of fused-ring (bicyclic) bond motifs is 1. The highest BCUT2D eigenvalue weighted by Crippen LogP contribution is 2.28. The van der Waals surface area contributed by atoms with E-state index in [2.05, 4.69) is 5.32 Å². The summed E-state index contributed by atoms with van der Waals surface area (Å²) < 4.78 is 5.69. The zero-order valence-electron chi connectivity index (χ0n) is 13.4. The second-order valence-electron chi connectivity index (χ2n) is 6.42. The first-order chi connectivity index (χ1) is 11.0. The quantitative estimate of drug-likeness (QED) is 0.854. The second kappa shape index (κ2) is 6.07. The number of benzene rings is 1. The lowest BCUT2D eigenvalue weighted by Crippen LogP contribution is -2.57. The molecule has 1 saturated carbocycles. The first-order valence-corrected chi connectivity index (χ1v) is 8.13. The Kier molecular flexibility index (Phi) is 4.11. The lowest BCUT2D eigenvalue weighted by atomic mass is 9.89. The van der Waals surface area contributed by atoms with E-state index in [1.54, 1.807) is 6.07 Å². The molecule has 0 aliphatic heterocycles. The van der Waals surface area contributed by atoms with Crippen molar-refractivity contribution in [3.8, 4) is 0 Å². The number of nitrogens with two attached hydrogens (primary N) is 1. The van der Waals surface area contributed by atoms with Crippen LogP contribution in [0.2, 0.25) is 0 Å². The van der Waals surface area contributed by atoms with E-state index in [9.17, 15) is 9.59 Å². The van der Waals surface area contributed by atoms with Gasteiger partial charge in [0.1, 0.15) is 11.1 Å². The van der Waals surface area contributed by atoms with Gasteiger partial charge in [-0.05, 0) is 31.4 Å². The SMILES string of the molecule is Cc1cccc2cc(C(=O)NC3(C(N)=O)CCCCCC3)oc12. The maximum absolute atomic E-state index is 12.6. The molecule has 1 aromatic carbocycles. The molecule has 1 aliphatic rings. The fraction of sp³-hybridized carbons (Fsp3) is 0.444. The predicted octanol–water partition coefficient (Wildman–Crippen LogP) is 3.05. The minimum atomic E-state index is -0.957. The van der Waals surface area contributed by atoms with Crippen molar-refractivity contribution >= 4 is 22.8 Å². The predicted molar refractivity (Wildman–Crippen MR) is 88.0 cm³/mol. The Morgan fingerprint density at radius 2 is 1.87 bits per heavy atom.